The molecule has 0 fully saturated rings. The van der Waals surface area contributed by atoms with Crippen LogP contribution < -0.4 is 5.46 Å². The van der Waals surface area contributed by atoms with E-state index >= 15 is 0 Å². The molecule has 1 aliphatic carbocycles. The molecule has 1 heteroatoms. The molecule has 0 nitrogen and oxygen atoms in total. The lowest BCUT2D eigenvalue weighted by molar-refractivity contribution is 0.769. The second-order valence-electron chi connectivity index (χ2n) is 9.87. The zero-order valence-electron chi connectivity index (χ0n) is 20.9. The standard InChI is InChI=1S/C36H26B/c1-37-30-19-10-14-27(22-30)31-20-11-21-33-35(31)32-23-25-12-8-9-13-26(25)24-34(32)36(33,28-15-4-2-5-16-28)29-17-6-3-7-18-29/h2-24H,1H3. The van der Waals surface area contributed by atoms with Crippen molar-refractivity contribution in [2.75, 3.05) is 0 Å². The Bertz CT molecular complexity index is 1710. The third kappa shape index (κ3) is 3.24. The average Bonchev–Trinajstić information content (AvgIpc) is 3.27. The Morgan fingerprint density at radius 1 is 0.486 bits per heavy atom. The van der Waals surface area contributed by atoms with Gasteiger partial charge in [0.1, 0.15) is 7.28 Å². The molecule has 0 saturated heterocycles. The molecule has 37 heavy (non-hydrogen) atoms. The zero-order chi connectivity index (χ0) is 24.8. The van der Waals surface area contributed by atoms with E-state index in [-0.39, 0.29) is 0 Å². The molecule has 0 amide bonds. The molecule has 0 aromatic heterocycles. The van der Waals surface area contributed by atoms with Gasteiger partial charge in [0.15, 0.2) is 0 Å². The fraction of sp³-hybridized carbons (Fsp3) is 0.0556. The SMILES string of the molecule is C[B]c1cccc(-c2cccc3c2-c2cc4ccccc4cc2C3(c2ccccc2)c2ccccc2)c1. The molecule has 0 atom stereocenters. The summed E-state index contributed by atoms with van der Waals surface area (Å²) in [4.78, 5) is 0. The van der Waals surface area contributed by atoms with Crippen molar-refractivity contribution in [3.63, 3.8) is 0 Å². The summed E-state index contributed by atoms with van der Waals surface area (Å²) in [5.74, 6) is 0. The molecule has 173 valence electrons. The third-order valence-electron chi connectivity index (χ3n) is 7.97. The largest absolute Gasteiger partial charge is 0.148 e. The van der Waals surface area contributed by atoms with Crippen molar-refractivity contribution in [3.8, 4) is 22.3 Å². The van der Waals surface area contributed by atoms with E-state index in [4.69, 9.17) is 0 Å². The Balaban J connectivity index is 1.67. The first-order valence-corrected chi connectivity index (χ1v) is 13.0. The van der Waals surface area contributed by atoms with Crippen LogP contribution in [0, 0.1) is 0 Å². The molecule has 0 spiro atoms. The third-order valence-corrected chi connectivity index (χ3v) is 7.97. The predicted molar refractivity (Wildman–Crippen MR) is 158 cm³/mol. The molecule has 0 N–H and O–H groups in total. The van der Waals surface area contributed by atoms with Crippen molar-refractivity contribution >= 4 is 23.5 Å². The highest BCUT2D eigenvalue weighted by molar-refractivity contribution is 6.52. The van der Waals surface area contributed by atoms with Gasteiger partial charge in [-0.05, 0) is 67.4 Å². The van der Waals surface area contributed by atoms with E-state index in [1.807, 2.05) is 0 Å². The number of hydrogen-bond donors (Lipinski definition) is 0. The van der Waals surface area contributed by atoms with Crippen molar-refractivity contribution in [1.29, 1.82) is 0 Å². The Morgan fingerprint density at radius 3 is 1.78 bits per heavy atom. The van der Waals surface area contributed by atoms with Gasteiger partial charge in [0, 0.05) is 0 Å². The molecule has 6 aromatic rings. The van der Waals surface area contributed by atoms with Gasteiger partial charge in [-0.2, -0.15) is 0 Å². The Labute approximate surface area is 219 Å². The quantitative estimate of drug-likeness (QED) is 0.228. The van der Waals surface area contributed by atoms with Crippen LogP contribution >= 0.6 is 0 Å². The first-order valence-electron chi connectivity index (χ1n) is 13.0. The summed E-state index contributed by atoms with van der Waals surface area (Å²) in [5.41, 5.74) is 11.3. The van der Waals surface area contributed by atoms with Crippen molar-refractivity contribution < 1.29 is 0 Å². The van der Waals surface area contributed by atoms with Gasteiger partial charge < -0.3 is 0 Å². The molecule has 1 aliphatic rings. The minimum Gasteiger partial charge on any atom is -0.0875 e. The maximum absolute atomic E-state index is 2.44. The summed E-state index contributed by atoms with van der Waals surface area (Å²) in [6, 6.07) is 51.4. The van der Waals surface area contributed by atoms with E-state index in [1.165, 1.54) is 60.7 Å². The normalized spacial score (nSPS) is 13.2. The molecule has 1 radical (unpaired) electrons. The van der Waals surface area contributed by atoms with Crippen LogP contribution in [-0.2, 0) is 5.41 Å². The van der Waals surface area contributed by atoms with Crippen LogP contribution in [0.15, 0.2) is 140 Å². The monoisotopic (exact) mass is 469 g/mol. The summed E-state index contributed by atoms with van der Waals surface area (Å²) in [5, 5.41) is 2.55. The van der Waals surface area contributed by atoms with Gasteiger partial charge in [-0.15, -0.1) is 0 Å². The van der Waals surface area contributed by atoms with Crippen LogP contribution in [0.3, 0.4) is 0 Å². The topological polar surface area (TPSA) is 0 Å². The van der Waals surface area contributed by atoms with E-state index in [2.05, 4.69) is 154 Å². The molecular weight excluding hydrogens is 443 g/mol. The van der Waals surface area contributed by atoms with Crippen LogP contribution in [0.5, 0.6) is 0 Å². The van der Waals surface area contributed by atoms with Gasteiger partial charge in [-0.25, -0.2) is 0 Å². The number of hydrogen-bond acceptors (Lipinski definition) is 0. The minimum absolute atomic E-state index is 0.401. The predicted octanol–water partition coefficient (Wildman–Crippen LogP) is 8.25. The smallest absolute Gasteiger partial charge is 0.0875 e. The van der Waals surface area contributed by atoms with Gasteiger partial charge in [-0.1, -0.05) is 140 Å². The van der Waals surface area contributed by atoms with Crippen molar-refractivity contribution in [3.05, 3.63) is 162 Å². The van der Waals surface area contributed by atoms with Crippen LogP contribution in [0.25, 0.3) is 33.0 Å². The first-order chi connectivity index (χ1) is 18.3. The molecule has 0 heterocycles. The summed E-state index contributed by atoms with van der Waals surface area (Å²) in [7, 11) is 2.17. The van der Waals surface area contributed by atoms with Crippen molar-refractivity contribution in [1.82, 2.24) is 0 Å². The number of fused-ring (bicyclic) bond motifs is 4. The van der Waals surface area contributed by atoms with Crippen LogP contribution in [0.4, 0.5) is 0 Å². The summed E-state index contributed by atoms with van der Waals surface area (Å²) < 4.78 is 0. The van der Waals surface area contributed by atoms with Gasteiger partial charge in [0.2, 0.25) is 0 Å². The minimum atomic E-state index is -0.401. The lowest BCUT2D eigenvalue weighted by atomic mass is 9.67. The highest BCUT2D eigenvalue weighted by Crippen LogP contribution is 2.58. The van der Waals surface area contributed by atoms with Gasteiger partial charge in [-0.3, -0.25) is 0 Å². The molecule has 0 bridgehead atoms. The lowest BCUT2D eigenvalue weighted by Gasteiger charge is -2.34. The van der Waals surface area contributed by atoms with Crippen LogP contribution in [0.1, 0.15) is 22.3 Å². The average molecular weight is 469 g/mol. The number of benzene rings is 6. The molecule has 0 aliphatic heterocycles. The van der Waals surface area contributed by atoms with E-state index in [0.717, 1.165) is 0 Å². The van der Waals surface area contributed by atoms with E-state index in [0.29, 0.717) is 0 Å². The van der Waals surface area contributed by atoms with Crippen molar-refractivity contribution in [2.45, 2.75) is 12.2 Å². The van der Waals surface area contributed by atoms with Gasteiger partial charge >= 0.3 is 0 Å². The highest BCUT2D eigenvalue weighted by atomic mass is 14.5. The Hall–Kier alpha value is -4.36. The van der Waals surface area contributed by atoms with Crippen LogP contribution in [-0.4, -0.2) is 7.28 Å². The summed E-state index contributed by atoms with van der Waals surface area (Å²) in [6.45, 7) is 2.10. The Morgan fingerprint density at radius 2 is 1.11 bits per heavy atom. The van der Waals surface area contributed by atoms with Crippen LogP contribution in [0.2, 0.25) is 6.82 Å². The summed E-state index contributed by atoms with van der Waals surface area (Å²) in [6.07, 6.45) is 0. The molecular formula is C36H26B. The summed E-state index contributed by atoms with van der Waals surface area (Å²) >= 11 is 0. The first kappa shape index (κ1) is 21.9. The van der Waals surface area contributed by atoms with E-state index in [1.54, 1.807) is 0 Å². The molecule has 0 unspecified atom stereocenters. The van der Waals surface area contributed by atoms with Crippen molar-refractivity contribution in [2.24, 2.45) is 0 Å². The lowest BCUT2D eigenvalue weighted by Crippen LogP contribution is -2.28. The van der Waals surface area contributed by atoms with E-state index < -0.39 is 5.41 Å². The zero-order valence-corrected chi connectivity index (χ0v) is 20.9. The second-order valence-corrected chi connectivity index (χ2v) is 9.87. The molecule has 6 aromatic carbocycles. The van der Waals surface area contributed by atoms with Gasteiger partial charge in [0.25, 0.3) is 0 Å². The maximum atomic E-state index is 2.44. The fourth-order valence-corrected chi connectivity index (χ4v) is 6.35. The van der Waals surface area contributed by atoms with E-state index in [9.17, 15) is 0 Å². The maximum Gasteiger partial charge on any atom is 0.148 e. The highest BCUT2D eigenvalue weighted by Gasteiger charge is 2.47. The van der Waals surface area contributed by atoms with Gasteiger partial charge in [0.05, 0.1) is 5.41 Å². The fourth-order valence-electron chi connectivity index (χ4n) is 6.35. The number of rotatable bonds is 4. The molecule has 7 rings (SSSR count). The Kier molecular flexibility index (Phi) is 5.11. The molecule has 0 saturated carbocycles. The second kappa shape index (κ2) is 8.64.